The minimum Gasteiger partial charge on any atom is -0.393 e. The number of hydrogen-bond acceptors (Lipinski definition) is 3. The molecule has 0 unspecified atom stereocenters. The van der Waals surface area contributed by atoms with Crippen molar-refractivity contribution in [1.29, 1.82) is 0 Å². The van der Waals surface area contributed by atoms with Gasteiger partial charge >= 0.3 is 0 Å². The molecule has 1 heterocycles. The standard InChI is InChI=1S/C14H19ClN2O2/c1-2-3-11-6-10(7-13(15)17-11)14(19)16-8-9-4-12(18)5-9/h6-7,9,12,18H,2-5,8H2,1H3,(H,16,19). The van der Waals surface area contributed by atoms with Gasteiger partial charge in [-0.15, -0.1) is 0 Å². The van der Waals surface area contributed by atoms with E-state index in [2.05, 4.69) is 17.2 Å². The molecular weight excluding hydrogens is 264 g/mol. The Hall–Kier alpha value is -1.13. The number of carbonyl (C=O) groups is 1. The van der Waals surface area contributed by atoms with E-state index in [1.54, 1.807) is 12.1 Å². The predicted octanol–water partition coefficient (Wildman–Crippen LogP) is 2.19. The summed E-state index contributed by atoms with van der Waals surface area (Å²) in [5.41, 5.74) is 1.41. The molecule has 19 heavy (non-hydrogen) atoms. The number of carbonyl (C=O) groups excluding carboxylic acids is 1. The Morgan fingerprint density at radius 1 is 1.53 bits per heavy atom. The maximum Gasteiger partial charge on any atom is 0.251 e. The lowest BCUT2D eigenvalue weighted by atomic mass is 9.82. The van der Waals surface area contributed by atoms with Crippen molar-refractivity contribution in [1.82, 2.24) is 10.3 Å². The molecule has 0 aromatic carbocycles. The van der Waals surface area contributed by atoms with Crippen molar-refractivity contribution in [3.8, 4) is 0 Å². The Morgan fingerprint density at radius 2 is 2.26 bits per heavy atom. The van der Waals surface area contributed by atoms with Gasteiger partial charge in [0, 0.05) is 17.8 Å². The van der Waals surface area contributed by atoms with Crippen LogP contribution in [-0.4, -0.2) is 28.6 Å². The average Bonchev–Trinajstić information content (AvgIpc) is 2.32. The van der Waals surface area contributed by atoms with Crippen molar-refractivity contribution in [2.24, 2.45) is 5.92 Å². The van der Waals surface area contributed by atoms with E-state index in [-0.39, 0.29) is 12.0 Å². The fraction of sp³-hybridized carbons (Fsp3) is 0.571. The minimum absolute atomic E-state index is 0.122. The molecule has 1 aliphatic rings. The number of nitrogens with zero attached hydrogens (tertiary/aromatic N) is 1. The third-order valence-electron chi connectivity index (χ3n) is 3.38. The van der Waals surface area contributed by atoms with E-state index in [0.717, 1.165) is 31.4 Å². The fourth-order valence-corrected chi connectivity index (χ4v) is 2.50. The number of halogens is 1. The van der Waals surface area contributed by atoms with Crippen molar-refractivity contribution >= 4 is 17.5 Å². The van der Waals surface area contributed by atoms with Crippen LogP contribution in [-0.2, 0) is 6.42 Å². The van der Waals surface area contributed by atoms with Crippen LogP contribution in [0.25, 0.3) is 0 Å². The molecular formula is C14H19ClN2O2. The van der Waals surface area contributed by atoms with Gasteiger partial charge in [-0.25, -0.2) is 4.98 Å². The van der Waals surface area contributed by atoms with E-state index in [1.807, 2.05) is 0 Å². The molecule has 1 amide bonds. The second kappa shape index (κ2) is 6.35. The number of hydrogen-bond donors (Lipinski definition) is 2. The van der Waals surface area contributed by atoms with E-state index in [9.17, 15) is 9.90 Å². The molecule has 2 rings (SSSR count). The summed E-state index contributed by atoms with van der Waals surface area (Å²) < 4.78 is 0. The van der Waals surface area contributed by atoms with Crippen molar-refractivity contribution < 1.29 is 9.90 Å². The van der Waals surface area contributed by atoms with Gasteiger partial charge in [0.05, 0.1) is 6.10 Å². The molecule has 0 aliphatic heterocycles. The Bertz CT molecular complexity index is 459. The maximum atomic E-state index is 12.0. The van der Waals surface area contributed by atoms with Gasteiger partial charge in [0.2, 0.25) is 0 Å². The molecule has 0 spiro atoms. The zero-order valence-corrected chi connectivity index (χ0v) is 11.8. The first-order valence-electron chi connectivity index (χ1n) is 6.71. The highest BCUT2D eigenvalue weighted by atomic mass is 35.5. The zero-order chi connectivity index (χ0) is 13.8. The smallest absolute Gasteiger partial charge is 0.251 e. The summed E-state index contributed by atoms with van der Waals surface area (Å²) in [6.45, 7) is 2.67. The third kappa shape index (κ3) is 3.91. The predicted molar refractivity (Wildman–Crippen MR) is 74.3 cm³/mol. The van der Waals surface area contributed by atoms with Crippen LogP contribution in [0.5, 0.6) is 0 Å². The second-order valence-electron chi connectivity index (χ2n) is 5.12. The van der Waals surface area contributed by atoms with Gasteiger partial charge < -0.3 is 10.4 Å². The third-order valence-corrected chi connectivity index (χ3v) is 3.57. The molecule has 2 N–H and O–H groups in total. The molecule has 1 aromatic heterocycles. The van der Waals surface area contributed by atoms with Crippen LogP contribution in [0.2, 0.25) is 5.15 Å². The SMILES string of the molecule is CCCc1cc(C(=O)NCC2CC(O)C2)cc(Cl)n1. The van der Waals surface area contributed by atoms with E-state index in [4.69, 9.17) is 11.6 Å². The first-order chi connectivity index (χ1) is 9.08. The largest absolute Gasteiger partial charge is 0.393 e. The van der Waals surface area contributed by atoms with Gasteiger partial charge in [-0.05, 0) is 37.3 Å². The highest BCUT2D eigenvalue weighted by Gasteiger charge is 2.27. The van der Waals surface area contributed by atoms with E-state index >= 15 is 0 Å². The van der Waals surface area contributed by atoms with Gasteiger partial charge in [-0.3, -0.25) is 4.79 Å². The van der Waals surface area contributed by atoms with Crippen LogP contribution in [0.1, 0.15) is 42.2 Å². The van der Waals surface area contributed by atoms with E-state index < -0.39 is 0 Å². The molecule has 1 fully saturated rings. The molecule has 4 nitrogen and oxygen atoms in total. The molecule has 1 saturated carbocycles. The van der Waals surface area contributed by atoms with Crippen LogP contribution in [0.15, 0.2) is 12.1 Å². The summed E-state index contributed by atoms with van der Waals surface area (Å²) in [5.74, 6) is 0.273. The van der Waals surface area contributed by atoms with E-state index in [0.29, 0.717) is 23.2 Å². The van der Waals surface area contributed by atoms with Crippen LogP contribution in [0, 0.1) is 5.92 Å². The first kappa shape index (κ1) is 14.3. The van der Waals surface area contributed by atoms with Crippen molar-refractivity contribution in [3.63, 3.8) is 0 Å². The molecule has 0 radical (unpaired) electrons. The summed E-state index contributed by atoms with van der Waals surface area (Å²) in [4.78, 5) is 16.2. The lowest BCUT2D eigenvalue weighted by Gasteiger charge is -2.31. The molecule has 0 bridgehead atoms. The highest BCUT2D eigenvalue weighted by Crippen LogP contribution is 2.26. The molecule has 0 atom stereocenters. The molecule has 1 aliphatic carbocycles. The van der Waals surface area contributed by atoms with Gasteiger partial charge in [0.15, 0.2) is 0 Å². The molecule has 1 aromatic rings. The van der Waals surface area contributed by atoms with Crippen LogP contribution in [0.4, 0.5) is 0 Å². The number of rotatable bonds is 5. The van der Waals surface area contributed by atoms with E-state index in [1.165, 1.54) is 0 Å². The van der Waals surface area contributed by atoms with Gasteiger partial charge in [-0.1, -0.05) is 24.9 Å². The fourth-order valence-electron chi connectivity index (χ4n) is 2.27. The lowest BCUT2D eigenvalue weighted by Crippen LogP contribution is -2.38. The maximum absolute atomic E-state index is 12.0. The number of pyridine rings is 1. The number of aliphatic hydroxyl groups is 1. The normalized spacial score (nSPS) is 21.8. The Morgan fingerprint density at radius 3 is 2.89 bits per heavy atom. The number of amides is 1. The van der Waals surface area contributed by atoms with Crippen molar-refractivity contribution in [3.05, 3.63) is 28.5 Å². The molecule has 104 valence electrons. The summed E-state index contributed by atoms with van der Waals surface area (Å²) >= 11 is 5.93. The lowest BCUT2D eigenvalue weighted by molar-refractivity contribution is 0.0420. The zero-order valence-electron chi connectivity index (χ0n) is 11.0. The number of aliphatic hydroxyl groups excluding tert-OH is 1. The van der Waals surface area contributed by atoms with Crippen LogP contribution < -0.4 is 5.32 Å². The number of nitrogens with one attached hydrogen (secondary N) is 1. The van der Waals surface area contributed by atoms with Gasteiger partial charge in [0.25, 0.3) is 5.91 Å². The topological polar surface area (TPSA) is 62.2 Å². The number of aryl methyl sites for hydroxylation is 1. The highest BCUT2D eigenvalue weighted by molar-refractivity contribution is 6.29. The molecule has 0 saturated heterocycles. The average molecular weight is 283 g/mol. The van der Waals surface area contributed by atoms with Crippen molar-refractivity contribution in [2.75, 3.05) is 6.54 Å². The minimum atomic E-state index is -0.187. The van der Waals surface area contributed by atoms with Gasteiger partial charge in [-0.2, -0.15) is 0 Å². The van der Waals surface area contributed by atoms with Gasteiger partial charge in [0.1, 0.15) is 5.15 Å². The van der Waals surface area contributed by atoms with Crippen LogP contribution >= 0.6 is 11.6 Å². The monoisotopic (exact) mass is 282 g/mol. The second-order valence-corrected chi connectivity index (χ2v) is 5.51. The number of aromatic nitrogens is 1. The van der Waals surface area contributed by atoms with Crippen molar-refractivity contribution in [2.45, 2.75) is 38.7 Å². The Balaban J connectivity index is 1.94. The summed E-state index contributed by atoms with van der Waals surface area (Å²) in [6, 6.07) is 3.38. The van der Waals surface area contributed by atoms with Crippen LogP contribution in [0.3, 0.4) is 0 Å². The Labute approximate surface area is 118 Å². The summed E-state index contributed by atoms with van der Waals surface area (Å²) in [5, 5.41) is 12.4. The summed E-state index contributed by atoms with van der Waals surface area (Å²) in [7, 11) is 0. The molecule has 5 heteroatoms. The quantitative estimate of drug-likeness (QED) is 0.814. The summed E-state index contributed by atoms with van der Waals surface area (Å²) in [6.07, 6.45) is 3.15. The first-order valence-corrected chi connectivity index (χ1v) is 7.09. The Kier molecular flexibility index (Phi) is 4.77.